The van der Waals surface area contributed by atoms with Crippen LogP contribution in [-0.2, 0) is 0 Å². The predicted octanol–water partition coefficient (Wildman–Crippen LogP) is 2.78. The van der Waals surface area contributed by atoms with Crippen LogP contribution in [0, 0.1) is 10.1 Å². The van der Waals surface area contributed by atoms with Crippen molar-refractivity contribution >= 4 is 48.5 Å². The maximum Gasteiger partial charge on any atom is 0.297 e. The summed E-state index contributed by atoms with van der Waals surface area (Å²) in [5.74, 6) is -2.50. The van der Waals surface area contributed by atoms with Crippen molar-refractivity contribution in [1.29, 1.82) is 0 Å². The molecule has 0 aliphatic rings. The first-order valence-corrected chi connectivity index (χ1v) is 6.00. The molecule has 3 N–H and O–H groups in total. The lowest BCUT2D eigenvalue weighted by Crippen LogP contribution is -1.94. The van der Waals surface area contributed by atoms with Gasteiger partial charge in [0.1, 0.15) is 9.86 Å². The smallest absolute Gasteiger partial charge is 0.297 e. The van der Waals surface area contributed by atoms with Gasteiger partial charge in [0, 0.05) is 4.47 Å². The molecular weight excluding hydrogens is 376 g/mol. The lowest BCUT2D eigenvalue weighted by Gasteiger charge is -2.07. The summed E-state index contributed by atoms with van der Waals surface area (Å²) in [6.07, 6.45) is 0. The summed E-state index contributed by atoms with van der Waals surface area (Å²) < 4.78 is 0.431. The lowest BCUT2D eigenvalue weighted by molar-refractivity contribution is -0.384. The second-order valence-corrected chi connectivity index (χ2v) is 4.95. The SMILES string of the molecule is O=[N+]([O-])c1c(Br)c(Br)cc2nc(O)c(O)c(O)c12. The summed E-state index contributed by atoms with van der Waals surface area (Å²) in [4.78, 5) is 13.9. The van der Waals surface area contributed by atoms with E-state index >= 15 is 0 Å². The van der Waals surface area contributed by atoms with Crippen molar-refractivity contribution in [2.24, 2.45) is 0 Å². The number of hydrogen-bond acceptors (Lipinski definition) is 6. The number of benzene rings is 1. The zero-order valence-corrected chi connectivity index (χ0v) is 11.6. The molecule has 0 amide bonds. The first-order chi connectivity index (χ1) is 8.34. The molecule has 2 rings (SSSR count). The molecule has 0 saturated carbocycles. The molecular formula is C9H4Br2N2O5. The van der Waals surface area contributed by atoms with E-state index in [9.17, 15) is 25.4 Å². The van der Waals surface area contributed by atoms with Crippen molar-refractivity contribution in [3.8, 4) is 17.4 Å². The minimum absolute atomic E-state index is 0.0235. The number of aromatic nitrogens is 1. The van der Waals surface area contributed by atoms with E-state index in [1.54, 1.807) is 0 Å². The van der Waals surface area contributed by atoms with Crippen LogP contribution in [0.1, 0.15) is 0 Å². The molecule has 0 fully saturated rings. The monoisotopic (exact) mass is 378 g/mol. The Labute approximate surface area is 116 Å². The largest absolute Gasteiger partial charge is 0.503 e. The fourth-order valence-corrected chi connectivity index (χ4v) is 2.35. The van der Waals surface area contributed by atoms with E-state index in [1.807, 2.05) is 0 Å². The molecule has 0 atom stereocenters. The van der Waals surface area contributed by atoms with Crippen LogP contribution in [0.5, 0.6) is 17.4 Å². The highest BCUT2D eigenvalue weighted by Gasteiger charge is 2.26. The van der Waals surface area contributed by atoms with E-state index in [0.29, 0.717) is 4.47 Å². The van der Waals surface area contributed by atoms with Crippen LogP contribution in [0.2, 0.25) is 0 Å². The maximum atomic E-state index is 11.0. The van der Waals surface area contributed by atoms with Gasteiger partial charge in [-0.3, -0.25) is 10.1 Å². The van der Waals surface area contributed by atoms with Gasteiger partial charge in [0.25, 0.3) is 11.6 Å². The Morgan fingerprint density at radius 2 is 1.83 bits per heavy atom. The molecule has 0 saturated heterocycles. The van der Waals surface area contributed by atoms with Crippen LogP contribution < -0.4 is 0 Å². The number of fused-ring (bicyclic) bond motifs is 1. The molecule has 9 heteroatoms. The molecule has 1 heterocycles. The lowest BCUT2D eigenvalue weighted by atomic mass is 10.1. The number of halogens is 2. The molecule has 1 aromatic carbocycles. The molecule has 0 aliphatic carbocycles. The van der Waals surface area contributed by atoms with Gasteiger partial charge in [-0.05, 0) is 37.9 Å². The van der Waals surface area contributed by atoms with Gasteiger partial charge in [-0.2, -0.15) is 0 Å². The van der Waals surface area contributed by atoms with Crippen molar-refractivity contribution in [3.63, 3.8) is 0 Å². The number of nitrogens with zero attached hydrogens (tertiary/aromatic N) is 2. The Balaban J connectivity index is 3.09. The summed E-state index contributed by atoms with van der Waals surface area (Å²) in [6, 6.07) is 1.37. The summed E-state index contributed by atoms with van der Waals surface area (Å²) in [7, 11) is 0. The molecule has 18 heavy (non-hydrogen) atoms. The van der Waals surface area contributed by atoms with E-state index < -0.39 is 28.0 Å². The average Bonchev–Trinajstić information content (AvgIpc) is 2.29. The fourth-order valence-electron chi connectivity index (χ4n) is 1.48. The zero-order valence-electron chi connectivity index (χ0n) is 8.39. The highest BCUT2D eigenvalue weighted by molar-refractivity contribution is 9.13. The van der Waals surface area contributed by atoms with Gasteiger partial charge in [-0.25, -0.2) is 4.98 Å². The Kier molecular flexibility index (Phi) is 3.03. The normalized spacial score (nSPS) is 10.8. The summed E-state index contributed by atoms with van der Waals surface area (Å²) in [5.41, 5.74) is -0.482. The van der Waals surface area contributed by atoms with Crippen molar-refractivity contribution < 1.29 is 20.2 Å². The topological polar surface area (TPSA) is 117 Å². The van der Waals surface area contributed by atoms with Gasteiger partial charge in [0.2, 0.25) is 5.75 Å². The van der Waals surface area contributed by atoms with Gasteiger partial charge in [-0.15, -0.1) is 0 Å². The number of rotatable bonds is 1. The van der Waals surface area contributed by atoms with Gasteiger partial charge in [0.05, 0.1) is 10.4 Å². The highest BCUT2D eigenvalue weighted by Crippen LogP contribution is 2.47. The highest BCUT2D eigenvalue weighted by atomic mass is 79.9. The van der Waals surface area contributed by atoms with Crippen molar-refractivity contribution in [1.82, 2.24) is 4.98 Å². The number of nitro groups is 1. The summed E-state index contributed by atoms with van der Waals surface area (Å²) in [6.45, 7) is 0. The molecule has 7 nitrogen and oxygen atoms in total. The van der Waals surface area contributed by atoms with Crippen LogP contribution in [0.25, 0.3) is 10.9 Å². The zero-order chi connectivity index (χ0) is 13.6. The van der Waals surface area contributed by atoms with Crippen LogP contribution in [-0.4, -0.2) is 25.2 Å². The Bertz CT molecular complexity index is 683. The fraction of sp³-hybridized carbons (Fsp3) is 0. The van der Waals surface area contributed by atoms with E-state index in [4.69, 9.17) is 0 Å². The van der Waals surface area contributed by atoms with Gasteiger partial charge >= 0.3 is 0 Å². The predicted molar refractivity (Wildman–Crippen MR) is 68.8 cm³/mol. The van der Waals surface area contributed by atoms with Crippen molar-refractivity contribution in [3.05, 3.63) is 25.1 Å². The van der Waals surface area contributed by atoms with Crippen molar-refractivity contribution in [2.45, 2.75) is 0 Å². The van der Waals surface area contributed by atoms with Gasteiger partial charge < -0.3 is 15.3 Å². The molecule has 0 bridgehead atoms. The van der Waals surface area contributed by atoms with Crippen LogP contribution in [0.15, 0.2) is 15.0 Å². The second-order valence-electron chi connectivity index (χ2n) is 3.30. The Morgan fingerprint density at radius 1 is 1.22 bits per heavy atom. The Morgan fingerprint density at radius 3 is 2.39 bits per heavy atom. The van der Waals surface area contributed by atoms with Crippen LogP contribution >= 0.6 is 31.9 Å². The van der Waals surface area contributed by atoms with Gasteiger partial charge in [-0.1, -0.05) is 0 Å². The Hall–Kier alpha value is -1.61. The minimum atomic E-state index is -0.903. The van der Waals surface area contributed by atoms with E-state index in [0.717, 1.165) is 0 Å². The molecule has 0 unspecified atom stereocenters. The number of aromatic hydroxyl groups is 3. The molecule has 1 aromatic heterocycles. The molecule has 0 radical (unpaired) electrons. The van der Waals surface area contributed by atoms with Gasteiger partial charge in [0.15, 0.2) is 5.75 Å². The number of nitro benzene ring substituents is 1. The quantitative estimate of drug-likeness (QED) is 0.518. The molecule has 0 aliphatic heterocycles. The van der Waals surface area contributed by atoms with E-state index in [2.05, 4.69) is 36.8 Å². The first-order valence-electron chi connectivity index (χ1n) is 4.41. The standard InChI is InChI=1S/C9H4Br2N2O5/c10-2-1-3-4(6(5(2)11)13(17)18)7(14)8(15)9(16)12-3/h1,15H,(H2,12,14,16). The third kappa shape index (κ3) is 1.75. The third-order valence-electron chi connectivity index (χ3n) is 2.26. The number of hydrogen-bond donors (Lipinski definition) is 3. The average molecular weight is 380 g/mol. The molecule has 2 aromatic rings. The second kappa shape index (κ2) is 4.25. The first kappa shape index (κ1) is 12.8. The molecule has 94 valence electrons. The minimum Gasteiger partial charge on any atom is -0.503 e. The summed E-state index contributed by atoms with van der Waals surface area (Å²) in [5, 5.41) is 39.1. The number of pyridine rings is 1. The van der Waals surface area contributed by atoms with Crippen LogP contribution in [0.4, 0.5) is 5.69 Å². The summed E-state index contributed by atoms with van der Waals surface area (Å²) >= 11 is 6.09. The maximum absolute atomic E-state index is 11.0. The third-order valence-corrected chi connectivity index (χ3v) is 4.22. The van der Waals surface area contributed by atoms with Crippen molar-refractivity contribution in [2.75, 3.05) is 0 Å². The van der Waals surface area contributed by atoms with Crippen LogP contribution in [0.3, 0.4) is 0 Å². The molecule has 0 spiro atoms. The van der Waals surface area contributed by atoms with E-state index in [-0.39, 0.29) is 15.4 Å². The van der Waals surface area contributed by atoms with E-state index in [1.165, 1.54) is 6.07 Å².